The Morgan fingerprint density at radius 1 is 1.12 bits per heavy atom. The van der Waals surface area contributed by atoms with Crippen molar-refractivity contribution in [1.82, 2.24) is 10.6 Å². The Balaban J connectivity index is 1.96. The van der Waals surface area contributed by atoms with Gasteiger partial charge in [-0.05, 0) is 37.0 Å². The van der Waals surface area contributed by atoms with Crippen molar-refractivity contribution >= 4 is 11.8 Å². The second-order valence-corrected chi connectivity index (χ2v) is 6.11. The van der Waals surface area contributed by atoms with Gasteiger partial charge in [0.05, 0.1) is 14.2 Å². The molecule has 6 heteroatoms. The van der Waals surface area contributed by atoms with Gasteiger partial charge in [0.1, 0.15) is 5.54 Å². The Labute approximate surface area is 142 Å². The monoisotopic (exact) mass is 334 g/mol. The van der Waals surface area contributed by atoms with Crippen LogP contribution in [0.15, 0.2) is 18.2 Å². The first-order chi connectivity index (χ1) is 11.5. The summed E-state index contributed by atoms with van der Waals surface area (Å²) in [5, 5.41) is 5.63. The molecule has 6 nitrogen and oxygen atoms in total. The molecule has 0 aromatic heterocycles. The molecule has 1 aromatic carbocycles. The van der Waals surface area contributed by atoms with Crippen molar-refractivity contribution in [2.45, 2.75) is 44.1 Å². The van der Waals surface area contributed by atoms with Gasteiger partial charge in [0.2, 0.25) is 11.8 Å². The Kier molecular flexibility index (Phi) is 6.06. The Morgan fingerprint density at radius 2 is 1.79 bits per heavy atom. The van der Waals surface area contributed by atoms with Crippen LogP contribution in [0.1, 0.15) is 37.7 Å². The number of amides is 2. The van der Waals surface area contributed by atoms with Crippen LogP contribution in [-0.4, -0.2) is 38.6 Å². The van der Waals surface area contributed by atoms with Crippen molar-refractivity contribution in [3.8, 4) is 11.5 Å². The van der Waals surface area contributed by atoms with Gasteiger partial charge < -0.3 is 20.1 Å². The molecule has 1 saturated carbocycles. The minimum Gasteiger partial charge on any atom is -0.493 e. The number of nitrogens with one attached hydrogen (secondary N) is 2. The Hall–Kier alpha value is -2.24. The summed E-state index contributed by atoms with van der Waals surface area (Å²) in [6.07, 6.45) is 4.24. The maximum Gasteiger partial charge on any atom is 0.245 e. The van der Waals surface area contributed by atoms with Crippen LogP contribution in [0.3, 0.4) is 0 Å². The van der Waals surface area contributed by atoms with E-state index in [0.29, 0.717) is 37.2 Å². The van der Waals surface area contributed by atoms with Crippen molar-refractivity contribution < 1.29 is 19.1 Å². The summed E-state index contributed by atoms with van der Waals surface area (Å²) < 4.78 is 10.5. The summed E-state index contributed by atoms with van der Waals surface area (Å²) in [4.78, 5) is 24.5. The second kappa shape index (κ2) is 8.04. The predicted octanol–water partition coefficient (Wildman–Crippen LogP) is 1.81. The van der Waals surface area contributed by atoms with Crippen LogP contribution < -0.4 is 20.1 Å². The van der Waals surface area contributed by atoms with Crippen LogP contribution in [0, 0.1) is 0 Å². The molecule has 0 atom stereocenters. The van der Waals surface area contributed by atoms with Crippen LogP contribution in [-0.2, 0) is 16.0 Å². The summed E-state index contributed by atoms with van der Waals surface area (Å²) in [6.45, 7) is 0. The highest BCUT2D eigenvalue weighted by Crippen LogP contribution is 2.30. The van der Waals surface area contributed by atoms with E-state index >= 15 is 0 Å². The molecule has 0 saturated heterocycles. The zero-order valence-corrected chi connectivity index (χ0v) is 14.6. The first-order valence-corrected chi connectivity index (χ1v) is 8.29. The maximum absolute atomic E-state index is 12.3. The zero-order valence-electron chi connectivity index (χ0n) is 14.6. The van der Waals surface area contributed by atoms with Crippen molar-refractivity contribution in [3.63, 3.8) is 0 Å². The lowest BCUT2D eigenvalue weighted by Crippen LogP contribution is -2.56. The van der Waals surface area contributed by atoms with Gasteiger partial charge in [0.15, 0.2) is 11.5 Å². The third-order valence-corrected chi connectivity index (χ3v) is 4.59. The highest BCUT2D eigenvalue weighted by atomic mass is 16.5. The lowest BCUT2D eigenvalue weighted by Gasteiger charge is -2.28. The number of carbonyl (C=O) groups excluding carboxylic acids is 2. The summed E-state index contributed by atoms with van der Waals surface area (Å²) in [5.74, 6) is 1.11. The van der Waals surface area contributed by atoms with E-state index in [1.54, 1.807) is 21.3 Å². The van der Waals surface area contributed by atoms with Crippen LogP contribution in [0.5, 0.6) is 11.5 Å². The molecule has 0 radical (unpaired) electrons. The van der Waals surface area contributed by atoms with Crippen molar-refractivity contribution in [3.05, 3.63) is 23.8 Å². The lowest BCUT2D eigenvalue weighted by atomic mass is 9.95. The third-order valence-electron chi connectivity index (χ3n) is 4.59. The molecule has 1 aliphatic rings. The zero-order chi connectivity index (χ0) is 17.6. The van der Waals surface area contributed by atoms with Crippen molar-refractivity contribution in [2.24, 2.45) is 0 Å². The maximum atomic E-state index is 12.3. The van der Waals surface area contributed by atoms with E-state index in [9.17, 15) is 9.59 Å². The van der Waals surface area contributed by atoms with Gasteiger partial charge in [-0.3, -0.25) is 9.59 Å². The Bertz CT molecular complexity index is 595. The molecule has 0 unspecified atom stereocenters. The summed E-state index contributed by atoms with van der Waals surface area (Å²) in [5.41, 5.74) is 0.256. The fourth-order valence-electron chi connectivity index (χ4n) is 3.25. The molecule has 2 N–H and O–H groups in total. The average Bonchev–Trinajstić information content (AvgIpc) is 3.08. The SMILES string of the molecule is CNC(=O)C1(NC(=O)CCc2ccc(OC)c(OC)c2)CCCC1. The smallest absolute Gasteiger partial charge is 0.245 e. The van der Waals surface area contributed by atoms with Gasteiger partial charge in [-0.2, -0.15) is 0 Å². The van der Waals surface area contributed by atoms with Crippen molar-refractivity contribution in [1.29, 1.82) is 0 Å². The van der Waals surface area contributed by atoms with E-state index in [1.807, 2.05) is 18.2 Å². The molecule has 2 rings (SSSR count). The molecule has 1 aliphatic carbocycles. The average molecular weight is 334 g/mol. The van der Waals surface area contributed by atoms with Crippen LogP contribution in [0.4, 0.5) is 0 Å². The summed E-state index contributed by atoms with van der Waals surface area (Å²) in [7, 11) is 4.78. The van der Waals surface area contributed by atoms with Gasteiger partial charge in [-0.1, -0.05) is 18.9 Å². The second-order valence-electron chi connectivity index (χ2n) is 6.11. The number of likely N-dealkylation sites (N-methyl/N-ethyl adjacent to an activating group) is 1. The molecule has 1 fully saturated rings. The number of rotatable bonds is 7. The van der Waals surface area contributed by atoms with Crippen LogP contribution in [0.2, 0.25) is 0 Å². The van der Waals surface area contributed by atoms with E-state index in [0.717, 1.165) is 18.4 Å². The largest absolute Gasteiger partial charge is 0.493 e. The minimum atomic E-state index is -0.733. The van der Waals surface area contributed by atoms with E-state index in [2.05, 4.69) is 10.6 Å². The lowest BCUT2D eigenvalue weighted by molar-refractivity contribution is -0.133. The molecular formula is C18H26N2O4. The topological polar surface area (TPSA) is 76.7 Å². The number of hydrogen-bond donors (Lipinski definition) is 2. The summed E-state index contributed by atoms with van der Waals surface area (Å²) >= 11 is 0. The fourth-order valence-corrected chi connectivity index (χ4v) is 3.25. The van der Waals surface area contributed by atoms with E-state index in [-0.39, 0.29) is 11.8 Å². The number of aryl methyl sites for hydroxylation is 1. The minimum absolute atomic E-state index is 0.0977. The van der Waals surface area contributed by atoms with Crippen molar-refractivity contribution in [2.75, 3.05) is 21.3 Å². The van der Waals surface area contributed by atoms with Crippen LogP contribution in [0.25, 0.3) is 0 Å². The number of ether oxygens (including phenoxy) is 2. The quantitative estimate of drug-likeness (QED) is 0.797. The van der Waals surface area contributed by atoms with E-state index < -0.39 is 5.54 Å². The van der Waals surface area contributed by atoms with Gasteiger partial charge in [0.25, 0.3) is 0 Å². The molecule has 132 valence electrons. The highest BCUT2D eigenvalue weighted by Gasteiger charge is 2.41. The molecule has 0 spiro atoms. The Morgan fingerprint density at radius 3 is 2.38 bits per heavy atom. The molecule has 24 heavy (non-hydrogen) atoms. The van der Waals surface area contributed by atoms with E-state index in [1.165, 1.54) is 0 Å². The standard InChI is InChI=1S/C18H26N2O4/c1-19-17(22)18(10-4-5-11-18)20-16(21)9-7-13-6-8-14(23-2)15(12-13)24-3/h6,8,12H,4-5,7,9-11H2,1-3H3,(H,19,22)(H,20,21). The van der Waals surface area contributed by atoms with Gasteiger partial charge >= 0.3 is 0 Å². The van der Waals surface area contributed by atoms with Gasteiger partial charge in [-0.25, -0.2) is 0 Å². The van der Waals surface area contributed by atoms with Gasteiger partial charge in [0, 0.05) is 13.5 Å². The number of methoxy groups -OCH3 is 2. The molecule has 0 heterocycles. The third kappa shape index (κ3) is 3.99. The normalized spacial score (nSPS) is 15.6. The first kappa shape index (κ1) is 18.1. The first-order valence-electron chi connectivity index (χ1n) is 8.29. The van der Waals surface area contributed by atoms with E-state index in [4.69, 9.17) is 9.47 Å². The number of benzene rings is 1. The molecule has 0 bridgehead atoms. The molecule has 0 aliphatic heterocycles. The molecular weight excluding hydrogens is 308 g/mol. The number of carbonyl (C=O) groups is 2. The predicted molar refractivity (Wildman–Crippen MR) is 91.3 cm³/mol. The van der Waals surface area contributed by atoms with Gasteiger partial charge in [-0.15, -0.1) is 0 Å². The number of hydrogen-bond acceptors (Lipinski definition) is 4. The molecule has 1 aromatic rings. The highest BCUT2D eigenvalue weighted by molar-refractivity contribution is 5.91. The molecule has 2 amide bonds. The summed E-state index contributed by atoms with van der Waals surface area (Å²) in [6, 6.07) is 5.62. The fraction of sp³-hybridized carbons (Fsp3) is 0.556. The van der Waals surface area contributed by atoms with Crippen LogP contribution >= 0.6 is 0 Å².